The molecule has 0 radical (unpaired) electrons. The van der Waals surface area contributed by atoms with E-state index in [0.717, 1.165) is 45.0 Å². The van der Waals surface area contributed by atoms with E-state index in [9.17, 15) is 0 Å². The molecule has 306 valence electrons. The monoisotopic (exact) mass is 1020 g/mol. The van der Waals surface area contributed by atoms with Crippen LogP contribution in [0.15, 0.2) is 219 Å². The van der Waals surface area contributed by atoms with Crippen molar-refractivity contribution in [2.45, 2.75) is 0 Å². The fraction of sp³-hybridized carbons (Fsp3) is 0.0357. The summed E-state index contributed by atoms with van der Waals surface area (Å²) in [6, 6.07) is 71.3. The molecule has 0 aliphatic heterocycles. The second-order valence-corrected chi connectivity index (χ2v) is 19.3. The Balaban J connectivity index is 0.000000162. The van der Waals surface area contributed by atoms with Gasteiger partial charge in [-0.25, -0.2) is 9.97 Å². The molecule has 62 heavy (non-hydrogen) atoms. The van der Waals surface area contributed by atoms with Crippen LogP contribution in [0.2, 0.25) is 0 Å². The van der Waals surface area contributed by atoms with Crippen molar-refractivity contribution < 1.29 is 44.8 Å². The van der Waals surface area contributed by atoms with E-state index in [0.29, 0.717) is 0 Å². The molecule has 2 unspecified atom stereocenters. The van der Waals surface area contributed by atoms with Gasteiger partial charge < -0.3 is 12.8 Å². The van der Waals surface area contributed by atoms with Crippen molar-refractivity contribution in [2.24, 2.45) is 0 Å². The average molecular weight is 1020 g/mol. The summed E-state index contributed by atoms with van der Waals surface area (Å²) in [5.41, 5.74) is 4.20. The Hall–Kier alpha value is -5.44. The van der Waals surface area contributed by atoms with Crippen molar-refractivity contribution in [3.8, 4) is 11.8 Å². The van der Waals surface area contributed by atoms with Gasteiger partial charge in [0.25, 0.3) is 0 Å². The van der Waals surface area contributed by atoms with Crippen LogP contribution in [0.4, 0.5) is 0 Å². The predicted molar refractivity (Wildman–Crippen MR) is 262 cm³/mol. The SMILES string of the molecule is [Ag+].[Ag+].[C-]#Cc1cc2ccccc2c2ccccc12.[C-]#Cc1cc2ccccc2c2ccccc12.c1ccc([PH+](CC[PH+](c2ccccc2)c2ccccn2)c2ccccn2)cc1. The maximum atomic E-state index is 7.35. The molecule has 0 bridgehead atoms. The largest absolute Gasteiger partial charge is 1.00 e. The Morgan fingerprint density at radius 3 is 1.03 bits per heavy atom. The van der Waals surface area contributed by atoms with Gasteiger partial charge in [-0.3, -0.25) is 11.8 Å². The Bertz CT molecular complexity index is 2790. The number of hydrogen-bond acceptors (Lipinski definition) is 2. The summed E-state index contributed by atoms with van der Waals surface area (Å²) < 4.78 is 0. The molecule has 0 N–H and O–H groups in total. The van der Waals surface area contributed by atoms with Gasteiger partial charge in [-0.2, -0.15) is 0 Å². The Morgan fingerprint density at radius 2 is 0.677 bits per heavy atom. The number of hydrogen-bond donors (Lipinski definition) is 0. The number of rotatable bonds is 7. The van der Waals surface area contributed by atoms with Gasteiger partial charge in [-0.15, -0.1) is 23.3 Å². The molecule has 0 saturated carbocycles. The first-order valence-electron chi connectivity index (χ1n) is 20.0. The molecular formula is C56H42Ag2N2P2+2. The van der Waals surface area contributed by atoms with E-state index < -0.39 is 15.8 Å². The maximum Gasteiger partial charge on any atom is 1.00 e. The topological polar surface area (TPSA) is 25.8 Å². The van der Waals surface area contributed by atoms with Crippen molar-refractivity contribution >= 4 is 80.4 Å². The Morgan fingerprint density at radius 1 is 0.355 bits per heavy atom. The van der Waals surface area contributed by atoms with Crippen LogP contribution in [-0.2, 0) is 44.8 Å². The fourth-order valence-corrected chi connectivity index (χ4v) is 13.7. The molecule has 0 fully saturated rings. The van der Waals surface area contributed by atoms with E-state index >= 15 is 0 Å². The quantitative estimate of drug-likeness (QED) is 0.0523. The van der Waals surface area contributed by atoms with E-state index in [-0.39, 0.29) is 44.8 Å². The summed E-state index contributed by atoms with van der Waals surface area (Å²) in [6.45, 7) is 0. The summed E-state index contributed by atoms with van der Waals surface area (Å²) in [7, 11) is -1.84. The first-order valence-corrected chi connectivity index (χ1v) is 23.4. The van der Waals surface area contributed by atoms with Crippen molar-refractivity contribution in [1.82, 2.24) is 9.97 Å². The standard InChI is InChI=1S/C24H22N2P2.2C16H9.2Ag/c1-3-11-21(12-4-1)27(23-15-7-9-17-25-23)19-20-28(22-13-5-2-6-14-22)24-16-8-10-18-26-24;2*1-2-12-11-13-7-3-4-9-15(13)16-10-6-5-8-14(12)16;;/h1-18H,19-20H2;2*3-11H;;/q;2*-1;2*+1/p+2. The molecule has 2 heterocycles. The van der Waals surface area contributed by atoms with E-state index in [2.05, 4.69) is 133 Å². The first kappa shape index (κ1) is 46.1. The third-order valence-electron chi connectivity index (χ3n) is 10.6. The average Bonchev–Trinajstić information content (AvgIpc) is 3.34. The number of pyridine rings is 2. The molecule has 0 saturated heterocycles. The van der Waals surface area contributed by atoms with E-state index in [4.69, 9.17) is 22.8 Å². The molecule has 8 aromatic carbocycles. The van der Waals surface area contributed by atoms with Gasteiger partial charge in [0, 0.05) is 24.5 Å². The number of benzene rings is 8. The fourth-order valence-electron chi connectivity index (χ4n) is 7.77. The molecule has 10 rings (SSSR count). The van der Waals surface area contributed by atoms with Gasteiger partial charge in [0.1, 0.15) is 12.3 Å². The smallest absolute Gasteiger partial charge is 0.366 e. The summed E-state index contributed by atoms with van der Waals surface area (Å²) >= 11 is 0. The second-order valence-electron chi connectivity index (χ2n) is 14.3. The zero-order chi connectivity index (χ0) is 40.9. The van der Waals surface area contributed by atoms with Crippen LogP contribution < -0.4 is 21.5 Å². The van der Waals surface area contributed by atoms with Crippen LogP contribution >= 0.6 is 15.8 Å². The minimum Gasteiger partial charge on any atom is -0.366 e. The van der Waals surface area contributed by atoms with Crippen LogP contribution in [0, 0.1) is 24.7 Å². The van der Waals surface area contributed by atoms with Crippen molar-refractivity contribution in [1.29, 1.82) is 0 Å². The number of nitrogens with zero attached hydrogens (tertiary/aromatic N) is 2. The van der Waals surface area contributed by atoms with Gasteiger partial charge >= 0.3 is 44.8 Å². The van der Waals surface area contributed by atoms with Gasteiger partial charge in [-0.05, 0) is 68.7 Å². The molecule has 0 aliphatic rings. The van der Waals surface area contributed by atoms with Crippen molar-refractivity contribution in [3.05, 3.63) is 243 Å². The predicted octanol–water partition coefficient (Wildman–Crippen LogP) is 11.4. The van der Waals surface area contributed by atoms with E-state index in [1.54, 1.807) is 0 Å². The van der Waals surface area contributed by atoms with Crippen molar-refractivity contribution in [3.63, 3.8) is 0 Å². The van der Waals surface area contributed by atoms with Gasteiger partial charge in [-0.1, -0.05) is 156 Å². The molecule has 0 aliphatic carbocycles. The van der Waals surface area contributed by atoms with Crippen molar-refractivity contribution in [2.75, 3.05) is 12.3 Å². The second kappa shape index (κ2) is 23.1. The van der Waals surface area contributed by atoms with E-state index in [1.165, 1.54) is 43.0 Å². The molecule has 6 heteroatoms. The normalized spacial score (nSPS) is 11.3. The summed E-state index contributed by atoms with van der Waals surface area (Å²) in [6.07, 6.45) is 20.9. The maximum absolute atomic E-state index is 7.35. The zero-order valence-corrected chi connectivity index (χ0v) is 38.7. The minimum absolute atomic E-state index is 0. The van der Waals surface area contributed by atoms with Gasteiger partial charge in [0.2, 0.25) is 0 Å². The molecule has 0 amide bonds. The van der Waals surface area contributed by atoms with Crippen LogP contribution in [-0.4, -0.2) is 22.3 Å². The first-order chi connectivity index (χ1) is 29.7. The van der Waals surface area contributed by atoms with Gasteiger partial charge in [0.05, 0.1) is 26.5 Å². The van der Waals surface area contributed by atoms with Crippen LogP contribution in [0.25, 0.3) is 43.1 Å². The molecule has 10 aromatic rings. The molecule has 2 aromatic heterocycles. The van der Waals surface area contributed by atoms with E-state index in [1.807, 2.05) is 97.3 Å². The van der Waals surface area contributed by atoms with Gasteiger partial charge in [0.15, 0.2) is 10.9 Å². The molecule has 2 nitrogen and oxygen atoms in total. The summed E-state index contributed by atoms with van der Waals surface area (Å²) in [5, 5.41) is 12.2. The Labute approximate surface area is 398 Å². The van der Waals surface area contributed by atoms with Crippen LogP contribution in [0.3, 0.4) is 0 Å². The van der Waals surface area contributed by atoms with Crippen LogP contribution in [0.5, 0.6) is 0 Å². The number of aromatic nitrogens is 2. The molecular weight excluding hydrogens is 978 g/mol. The number of fused-ring (bicyclic) bond motifs is 6. The summed E-state index contributed by atoms with van der Waals surface area (Å²) in [4.78, 5) is 9.44. The zero-order valence-electron chi connectivity index (χ0n) is 33.7. The third-order valence-corrected chi connectivity index (χ3v) is 16.5. The molecule has 2 atom stereocenters. The third kappa shape index (κ3) is 10.9. The Kier molecular flexibility index (Phi) is 17.2. The minimum atomic E-state index is -0.922. The summed E-state index contributed by atoms with van der Waals surface area (Å²) in [5.74, 6) is 5.02. The van der Waals surface area contributed by atoms with Crippen LogP contribution in [0.1, 0.15) is 11.1 Å². The molecule has 0 spiro atoms.